The summed E-state index contributed by atoms with van der Waals surface area (Å²) in [5.41, 5.74) is 4.18. The first-order valence-electron chi connectivity index (χ1n) is 6.63. The summed E-state index contributed by atoms with van der Waals surface area (Å²) in [5, 5.41) is 5.73. The van der Waals surface area contributed by atoms with Crippen LogP contribution in [0.3, 0.4) is 0 Å². The molecule has 0 spiro atoms. The van der Waals surface area contributed by atoms with Gasteiger partial charge >= 0.3 is 0 Å². The molecule has 3 heteroatoms. The van der Waals surface area contributed by atoms with Gasteiger partial charge in [0.25, 0.3) is 0 Å². The van der Waals surface area contributed by atoms with Crippen molar-refractivity contribution < 1.29 is 0 Å². The molecule has 0 N–H and O–H groups in total. The molecule has 0 unspecified atom stereocenters. The average molecular weight is 259 g/mol. The summed E-state index contributed by atoms with van der Waals surface area (Å²) >= 11 is 0. The molecule has 2 aromatic heterocycles. The minimum Gasteiger partial charge on any atom is -0.228 e. The minimum absolute atomic E-state index is 0.882. The lowest BCUT2D eigenvalue weighted by Crippen LogP contribution is -1.98. The maximum Gasteiger partial charge on any atom is 0.161 e. The highest BCUT2D eigenvalue weighted by atomic mass is 15.3. The van der Waals surface area contributed by atoms with Crippen molar-refractivity contribution in [3.05, 3.63) is 66.4 Å². The van der Waals surface area contributed by atoms with Crippen LogP contribution in [-0.2, 0) is 0 Å². The maximum atomic E-state index is 4.79. The van der Waals surface area contributed by atoms with E-state index in [2.05, 4.69) is 29.4 Å². The fraction of sp³-hybridized carbons (Fsp3) is 0.0588. The molecule has 0 amide bonds. The first-order valence-corrected chi connectivity index (χ1v) is 6.63. The van der Waals surface area contributed by atoms with Crippen molar-refractivity contribution in [3.63, 3.8) is 0 Å². The molecule has 0 radical (unpaired) electrons. The molecule has 20 heavy (non-hydrogen) atoms. The Morgan fingerprint density at radius 1 is 0.900 bits per heavy atom. The van der Waals surface area contributed by atoms with Crippen LogP contribution in [0.25, 0.3) is 27.8 Å². The second-order valence-electron chi connectivity index (χ2n) is 4.90. The van der Waals surface area contributed by atoms with E-state index in [9.17, 15) is 0 Å². The summed E-state index contributed by atoms with van der Waals surface area (Å²) in [5.74, 6) is 0.882. The van der Waals surface area contributed by atoms with Crippen LogP contribution in [0.4, 0.5) is 0 Å². The smallest absolute Gasteiger partial charge is 0.161 e. The summed E-state index contributed by atoms with van der Waals surface area (Å²) < 4.78 is 1.94. The van der Waals surface area contributed by atoms with Crippen LogP contribution in [-0.4, -0.2) is 14.6 Å². The van der Waals surface area contributed by atoms with Crippen molar-refractivity contribution >= 4 is 16.4 Å². The van der Waals surface area contributed by atoms with Crippen molar-refractivity contribution in [3.8, 4) is 11.4 Å². The highest BCUT2D eigenvalue weighted by Gasteiger charge is 2.11. The second kappa shape index (κ2) is 4.17. The van der Waals surface area contributed by atoms with Gasteiger partial charge < -0.3 is 0 Å². The average Bonchev–Trinajstić information content (AvgIpc) is 2.89. The fourth-order valence-corrected chi connectivity index (χ4v) is 2.58. The van der Waals surface area contributed by atoms with Crippen LogP contribution in [0.5, 0.6) is 0 Å². The molecule has 0 saturated carbocycles. The van der Waals surface area contributed by atoms with E-state index in [-0.39, 0.29) is 0 Å². The number of nitrogens with zero attached hydrogens (tertiary/aromatic N) is 3. The molecule has 0 aliphatic carbocycles. The van der Waals surface area contributed by atoms with Crippen LogP contribution < -0.4 is 0 Å². The monoisotopic (exact) mass is 259 g/mol. The van der Waals surface area contributed by atoms with Crippen LogP contribution in [0.15, 0.2) is 60.7 Å². The van der Waals surface area contributed by atoms with Gasteiger partial charge in [-0.2, -0.15) is 5.10 Å². The highest BCUT2D eigenvalue weighted by molar-refractivity contribution is 5.95. The second-order valence-corrected chi connectivity index (χ2v) is 4.90. The Morgan fingerprint density at radius 3 is 2.50 bits per heavy atom. The molecule has 0 saturated heterocycles. The Morgan fingerprint density at radius 2 is 1.65 bits per heavy atom. The van der Waals surface area contributed by atoms with Crippen molar-refractivity contribution in [2.24, 2.45) is 0 Å². The van der Waals surface area contributed by atoms with Gasteiger partial charge in [-0.3, -0.25) is 0 Å². The van der Waals surface area contributed by atoms with E-state index in [1.54, 1.807) is 0 Å². The van der Waals surface area contributed by atoms with Gasteiger partial charge in [-0.25, -0.2) is 9.50 Å². The fourth-order valence-electron chi connectivity index (χ4n) is 2.58. The van der Waals surface area contributed by atoms with E-state index in [4.69, 9.17) is 4.98 Å². The molecule has 4 rings (SSSR count). The molecule has 0 fully saturated rings. The van der Waals surface area contributed by atoms with Crippen molar-refractivity contribution in [2.75, 3.05) is 0 Å². The zero-order valence-corrected chi connectivity index (χ0v) is 11.1. The summed E-state index contributed by atoms with van der Waals surface area (Å²) in [4.78, 5) is 4.79. The highest BCUT2D eigenvalue weighted by Crippen LogP contribution is 2.25. The zero-order chi connectivity index (χ0) is 13.5. The molecule has 3 nitrogen and oxygen atoms in total. The van der Waals surface area contributed by atoms with E-state index in [0.717, 1.165) is 33.5 Å². The summed E-state index contributed by atoms with van der Waals surface area (Å²) in [7, 11) is 0. The first kappa shape index (κ1) is 11.2. The Kier molecular flexibility index (Phi) is 2.33. The summed E-state index contributed by atoms with van der Waals surface area (Å²) in [6, 6.07) is 20.5. The van der Waals surface area contributed by atoms with E-state index in [1.165, 1.54) is 0 Å². The van der Waals surface area contributed by atoms with Gasteiger partial charge in [0.05, 0.1) is 16.7 Å². The first-order chi connectivity index (χ1) is 9.83. The van der Waals surface area contributed by atoms with Crippen LogP contribution in [0.2, 0.25) is 0 Å². The topological polar surface area (TPSA) is 30.2 Å². The third-order valence-corrected chi connectivity index (χ3v) is 3.47. The molecule has 96 valence electrons. The predicted octanol–water partition coefficient (Wildman–Crippen LogP) is 3.86. The molecular weight excluding hydrogens is 246 g/mol. The van der Waals surface area contributed by atoms with Gasteiger partial charge in [-0.1, -0.05) is 48.5 Å². The molecule has 0 bridgehead atoms. The molecule has 2 heterocycles. The molecule has 4 aromatic rings. The number of fused-ring (bicyclic) bond motifs is 3. The standard InChI is InChI=1S/C17H13N3/c1-12-11-16-14-9-5-6-10-15(14)18-17(20(16)19-12)13-7-3-2-4-8-13/h2-11H,1H3. The van der Waals surface area contributed by atoms with E-state index < -0.39 is 0 Å². The van der Waals surface area contributed by atoms with Gasteiger partial charge in [0.2, 0.25) is 0 Å². The van der Waals surface area contributed by atoms with E-state index >= 15 is 0 Å². The summed E-state index contributed by atoms with van der Waals surface area (Å²) in [6.45, 7) is 2.01. The van der Waals surface area contributed by atoms with Crippen molar-refractivity contribution in [1.29, 1.82) is 0 Å². The van der Waals surface area contributed by atoms with Gasteiger partial charge in [0.15, 0.2) is 5.82 Å². The zero-order valence-electron chi connectivity index (χ0n) is 11.1. The SMILES string of the molecule is Cc1cc2c3ccccc3nc(-c3ccccc3)n2n1. The van der Waals surface area contributed by atoms with Crippen LogP contribution in [0.1, 0.15) is 5.69 Å². The normalized spacial score (nSPS) is 11.2. The molecule has 0 aliphatic heterocycles. The largest absolute Gasteiger partial charge is 0.228 e. The van der Waals surface area contributed by atoms with E-state index in [1.807, 2.05) is 47.8 Å². The number of benzene rings is 2. The number of para-hydroxylation sites is 1. The number of rotatable bonds is 1. The molecular formula is C17H13N3. The van der Waals surface area contributed by atoms with Gasteiger partial charge in [-0.05, 0) is 19.1 Å². The Hall–Kier alpha value is -2.68. The van der Waals surface area contributed by atoms with Crippen LogP contribution >= 0.6 is 0 Å². The minimum atomic E-state index is 0.882. The van der Waals surface area contributed by atoms with Crippen molar-refractivity contribution in [2.45, 2.75) is 6.92 Å². The quantitative estimate of drug-likeness (QED) is 0.519. The molecule has 0 aliphatic rings. The Bertz CT molecular complexity index is 907. The number of aryl methyl sites for hydroxylation is 1. The lowest BCUT2D eigenvalue weighted by Gasteiger charge is -2.07. The lowest BCUT2D eigenvalue weighted by molar-refractivity contribution is 0.922. The Balaban J connectivity index is 2.18. The van der Waals surface area contributed by atoms with E-state index in [0.29, 0.717) is 0 Å². The van der Waals surface area contributed by atoms with Gasteiger partial charge in [-0.15, -0.1) is 0 Å². The van der Waals surface area contributed by atoms with Crippen LogP contribution in [0, 0.1) is 6.92 Å². The van der Waals surface area contributed by atoms with Gasteiger partial charge in [0, 0.05) is 10.9 Å². The Labute approximate surface area is 116 Å². The van der Waals surface area contributed by atoms with Crippen molar-refractivity contribution in [1.82, 2.24) is 14.6 Å². The predicted molar refractivity (Wildman–Crippen MR) is 80.7 cm³/mol. The lowest BCUT2D eigenvalue weighted by atomic mass is 10.1. The molecule has 2 aromatic carbocycles. The maximum absolute atomic E-state index is 4.79. The third-order valence-electron chi connectivity index (χ3n) is 3.47. The number of aromatic nitrogens is 3. The molecule has 0 atom stereocenters. The third kappa shape index (κ3) is 1.60. The van der Waals surface area contributed by atoms with Gasteiger partial charge in [0.1, 0.15) is 0 Å². The number of hydrogen-bond donors (Lipinski definition) is 0. The number of hydrogen-bond acceptors (Lipinski definition) is 2. The summed E-state index contributed by atoms with van der Waals surface area (Å²) in [6.07, 6.45) is 0.